The molecule has 6 nitrogen and oxygen atoms in total. The van der Waals surface area contributed by atoms with E-state index in [1.807, 2.05) is 25.2 Å². The van der Waals surface area contributed by atoms with Crippen LogP contribution in [0.15, 0.2) is 24.4 Å². The molecular weight excluding hydrogens is 340 g/mol. The first-order valence-corrected chi connectivity index (χ1v) is 10.1. The topological polar surface area (TPSA) is 48.9 Å². The summed E-state index contributed by atoms with van der Waals surface area (Å²) in [6.07, 6.45) is 9.72. The van der Waals surface area contributed by atoms with Gasteiger partial charge in [-0.3, -0.25) is 9.88 Å². The average Bonchev–Trinajstić information content (AvgIpc) is 2.64. The van der Waals surface area contributed by atoms with Crippen molar-refractivity contribution in [3.8, 4) is 0 Å². The third-order valence-corrected chi connectivity index (χ3v) is 4.53. The molecule has 1 atom stereocenters. The van der Waals surface area contributed by atoms with Crippen molar-refractivity contribution in [2.24, 2.45) is 0 Å². The predicted octanol–water partition coefficient (Wildman–Crippen LogP) is 4.00. The quantitative estimate of drug-likeness (QED) is 0.383. The molecule has 0 aliphatic rings. The summed E-state index contributed by atoms with van der Waals surface area (Å²) in [5.41, 5.74) is 0.760. The Morgan fingerprint density at radius 3 is 2.04 bits per heavy atom. The fourth-order valence-corrected chi connectivity index (χ4v) is 2.89. The lowest BCUT2D eigenvalue weighted by atomic mass is 10.1. The van der Waals surface area contributed by atoms with Crippen LogP contribution in [0.1, 0.15) is 56.9 Å². The van der Waals surface area contributed by atoms with Gasteiger partial charge in [-0.25, -0.2) is 4.79 Å². The maximum Gasteiger partial charge on any atom is 0.411 e. The number of unbranched alkanes of at least 4 members (excludes halogenated alkanes) is 6. The van der Waals surface area contributed by atoms with Crippen molar-refractivity contribution in [3.63, 3.8) is 0 Å². The van der Waals surface area contributed by atoms with Crippen molar-refractivity contribution in [1.29, 1.82) is 0 Å². The minimum absolute atomic E-state index is 0.352. The lowest BCUT2D eigenvalue weighted by molar-refractivity contribution is -0.0163. The van der Waals surface area contributed by atoms with Gasteiger partial charge in [0.15, 0.2) is 0 Å². The van der Waals surface area contributed by atoms with Crippen LogP contribution in [0.25, 0.3) is 0 Å². The summed E-state index contributed by atoms with van der Waals surface area (Å²) < 4.78 is 5.65. The molecule has 0 aliphatic heterocycles. The van der Waals surface area contributed by atoms with Crippen molar-refractivity contribution in [1.82, 2.24) is 19.7 Å². The standard InChI is InChI=1S/C21H38N4O2/c1-23(2)17-13-9-7-6-8-10-14-18-25(5)20(27-21(26)24(3)4)19-15-11-12-16-22-19/h11-12,15-16,20H,6-10,13-14,17-18H2,1-5H3. The lowest BCUT2D eigenvalue weighted by Gasteiger charge is -2.28. The van der Waals surface area contributed by atoms with Gasteiger partial charge < -0.3 is 14.5 Å². The number of nitrogens with zero attached hydrogens (tertiary/aromatic N) is 4. The molecule has 6 heteroatoms. The molecule has 1 amide bonds. The third kappa shape index (κ3) is 10.3. The van der Waals surface area contributed by atoms with E-state index >= 15 is 0 Å². The minimum atomic E-state index is -0.452. The van der Waals surface area contributed by atoms with E-state index in [1.54, 1.807) is 20.3 Å². The van der Waals surface area contributed by atoms with Gasteiger partial charge in [-0.15, -0.1) is 0 Å². The summed E-state index contributed by atoms with van der Waals surface area (Å²) >= 11 is 0. The predicted molar refractivity (Wildman–Crippen MR) is 111 cm³/mol. The molecule has 0 saturated heterocycles. The van der Waals surface area contributed by atoms with Crippen LogP contribution in [0.2, 0.25) is 0 Å². The molecule has 0 saturated carbocycles. The fourth-order valence-electron chi connectivity index (χ4n) is 2.89. The van der Waals surface area contributed by atoms with Crippen molar-refractivity contribution < 1.29 is 9.53 Å². The van der Waals surface area contributed by atoms with Crippen LogP contribution in [0, 0.1) is 0 Å². The molecule has 1 rings (SSSR count). The first-order valence-electron chi connectivity index (χ1n) is 10.1. The Kier molecular flexibility index (Phi) is 11.7. The third-order valence-electron chi connectivity index (χ3n) is 4.53. The summed E-state index contributed by atoms with van der Waals surface area (Å²) in [6, 6.07) is 5.69. The van der Waals surface area contributed by atoms with Gasteiger partial charge in [0, 0.05) is 26.8 Å². The molecule has 0 bridgehead atoms. The van der Waals surface area contributed by atoms with E-state index in [0.717, 1.165) is 18.7 Å². The molecule has 1 heterocycles. The maximum absolute atomic E-state index is 12.0. The summed E-state index contributed by atoms with van der Waals surface area (Å²) in [4.78, 5) is 22.2. The monoisotopic (exact) mass is 378 g/mol. The van der Waals surface area contributed by atoms with Gasteiger partial charge >= 0.3 is 6.09 Å². The van der Waals surface area contributed by atoms with Gasteiger partial charge in [0.2, 0.25) is 6.23 Å². The van der Waals surface area contributed by atoms with E-state index in [4.69, 9.17) is 4.74 Å². The maximum atomic E-state index is 12.0. The molecule has 0 aromatic carbocycles. The summed E-state index contributed by atoms with van der Waals surface area (Å²) in [6.45, 7) is 2.06. The van der Waals surface area contributed by atoms with Crippen LogP contribution < -0.4 is 0 Å². The Bertz CT molecular complexity index is 508. The number of pyridine rings is 1. The second kappa shape index (κ2) is 13.5. The zero-order valence-electron chi connectivity index (χ0n) is 17.9. The van der Waals surface area contributed by atoms with Crippen molar-refractivity contribution >= 4 is 6.09 Å². The molecule has 0 radical (unpaired) electrons. The lowest BCUT2D eigenvalue weighted by Crippen LogP contribution is -2.34. The molecule has 154 valence electrons. The van der Waals surface area contributed by atoms with Crippen molar-refractivity contribution in [2.45, 2.75) is 51.2 Å². The average molecular weight is 379 g/mol. The van der Waals surface area contributed by atoms with Crippen LogP contribution in [0.5, 0.6) is 0 Å². The number of carbonyl (C=O) groups excluding carboxylic acids is 1. The Labute approximate surface area is 165 Å². The summed E-state index contributed by atoms with van der Waals surface area (Å²) in [5, 5.41) is 0. The highest BCUT2D eigenvalue weighted by Gasteiger charge is 2.23. The van der Waals surface area contributed by atoms with Gasteiger partial charge in [-0.05, 0) is 52.7 Å². The summed E-state index contributed by atoms with van der Waals surface area (Å²) in [7, 11) is 9.63. The van der Waals surface area contributed by atoms with Crippen molar-refractivity contribution in [3.05, 3.63) is 30.1 Å². The molecule has 1 aromatic rings. The molecule has 0 spiro atoms. The number of aromatic nitrogens is 1. The number of rotatable bonds is 13. The molecular formula is C21H38N4O2. The number of hydrogen-bond donors (Lipinski definition) is 0. The van der Waals surface area contributed by atoms with Gasteiger partial charge in [0.25, 0.3) is 0 Å². The molecule has 1 unspecified atom stereocenters. The molecule has 1 aromatic heterocycles. The Balaban J connectivity index is 2.33. The van der Waals surface area contributed by atoms with Gasteiger partial charge in [0.1, 0.15) is 0 Å². The van der Waals surface area contributed by atoms with Gasteiger partial charge in [-0.2, -0.15) is 0 Å². The second-order valence-corrected chi connectivity index (χ2v) is 7.64. The van der Waals surface area contributed by atoms with E-state index in [9.17, 15) is 4.79 Å². The fraction of sp³-hybridized carbons (Fsp3) is 0.714. The van der Waals surface area contributed by atoms with E-state index in [1.165, 1.54) is 50.0 Å². The molecule has 27 heavy (non-hydrogen) atoms. The molecule has 0 aliphatic carbocycles. The largest absolute Gasteiger partial charge is 0.424 e. The Hall–Kier alpha value is -1.66. The van der Waals surface area contributed by atoms with Crippen molar-refractivity contribution in [2.75, 3.05) is 48.3 Å². The van der Waals surface area contributed by atoms with Gasteiger partial charge in [-0.1, -0.05) is 38.2 Å². The first-order chi connectivity index (χ1) is 12.9. The first kappa shape index (κ1) is 23.4. The minimum Gasteiger partial charge on any atom is -0.424 e. The van der Waals surface area contributed by atoms with Crippen LogP contribution in [-0.2, 0) is 4.74 Å². The second-order valence-electron chi connectivity index (χ2n) is 7.64. The zero-order valence-corrected chi connectivity index (χ0v) is 17.9. The van der Waals surface area contributed by atoms with E-state index in [0.29, 0.717) is 0 Å². The highest BCUT2D eigenvalue weighted by Crippen LogP contribution is 2.20. The SMILES string of the molecule is CN(C)CCCCCCCCCN(C)C(OC(=O)N(C)C)c1ccccn1. The highest BCUT2D eigenvalue weighted by molar-refractivity contribution is 5.67. The Morgan fingerprint density at radius 1 is 0.926 bits per heavy atom. The molecule has 0 N–H and O–H groups in total. The van der Waals surface area contributed by atoms with Crippen LogP contribution in [0.4, 0.5) is 4.79 Å². The zero-order chi connectivity index (χ0) is 20.1. The number of amides is 1. The van der Waals surface area contributed by atoms with E-state index in [-0.39, 0.29) is 6.09 Å². The number of carbonyl (C=O) groups is 1. The number of ether oxygens (including phenoxy) is 1. The summed E-state index contributed by atoms with van der Waals surface area (Å²) in [5.74, 6) is 0. The van der Waals surface area contributed by atoms with Crippen LogP contribution in [0.3, 0.4) is 0 Å². The Morgan fingerprint density at radius 2 is 1.52 bits per heavy atom. The number of hydrogen-bond acceptors (Lipinski definition) is 5. The van der Waals surface area contributed by atoms with Crippen LogP contribution >= 0.6 is 0 Å². The van der Waals surface area contributed by atoms with Gasteiger partial charge in [0.05, 0.1) is 5.69 Å². The smallest absolute Gasteiger partial charge is 0.411 e. The van der Waals surface area contributed by atoms with Crippen LogP contribution in [-0.4, -0.2) is 74.1 Å². The van der Waals surface area contributed by atoms with E-state index in [2.05, 4.69) is 28.9 Å². The van der Waals surface area contributed by atoms with E-state index < -0.39 is 6.23 Å². The highest BCUT2D eigenvalue weighted by atomic mass is 16.6. The normalized spacial score (nSPS) is 12.4. The molecule has 0 fully saturated rings.